The number of benzene rings is 3. The summed E-state index contributed by atoms with van der Waals surface area (Å²) in [6, 6.07) is 21.2. The molecule has 0 saturated heterocycles. The molecule has 3 aromatic carbocycles. The van der Waals surface area contributed by atoms with Crippen molar-refractivity contribution in [1.82, 2.24) is 0 Å². The molecule has 0 aliphatic carbocycles. The largest absolute Gasteiger partial charge is 0.326 e. The Morgan fingerprint density at radius 3 is 2.03 bits per heavy atom. The van der Waals surface area contributed by atoms with E-state index in [2.05, 4.69) is 5.32 Å². The maximum absolute atomic E-state index is 13.3. The van der Waals surface area contributed by atoms with Crippen LogP contribution in [0.4, 0.5) is 16.2 Å². The van der Waals surface area contributed by atoms with Crippen molar-refractivity contribution in [1.29, 1.82) is 0 Å². The van der Waals surface area contributed by atoms with Gasteiger partial charge >= 0.3 is 6.03 Å². The number of amides is 2. The number of urea groups is 1. The van der Waals surface area contributed by atoms with Crippen molar-refractivity contribution >= 4 is 46.4 Å². The summed E-state index contributed by atoms with van der Waals surface area (Å²) in [5, 5.41) is 4.13. The monoisotopic (exact) mass is 454 g/mol. The van der Waals surface area contributed by atoms with Crippen molar-refractivity contribution < 1.29 is 9.59 Å². The summed E-state index contributed by atoms with van der Waals surface area (Å²) in [4.78, 5) is 26.9. The highest BCUT2D eigenvalue weighted by atomic mass is 35.5. The van der Waals surface area contributed by atoms with Crippen molar-refractivity contribution in [2.45, 2.75) is 32.7 Å². The number of Topliss-reactive ketones (excluding diaryl/α,β-unsaturated/α-hetero) is 1. The maximum Gasteiger partial charge on any atom is 0.326 e. The summed E-state index contributed by atoms with van der Waals surface area (Å²) in [6.07, 6.45) is 0. The second kappa shape index (κ2) is 9.99. The Labute approximate surface area is 192 Å². The molecule has 0 aromatic heterocycles. The van der Waals surface area contributed by atoms with Gasteiger partial charge in [0.05, 0.1) is 0 Å². The highest BCUT2D eigenvalue weighted by molar-refractivity contribution is 6.31. The van der Waals surface area contributed by atoms with E-state index in [0.29, 0.717) is 21.3 Å². The molecule has 0 saturated carbocycles. The van der Waals surface area contributed by atoms with E-state index >= 15 is 0 Å². The van der Waals surface area contributed by atoms with Gasteiger partial charge in [-0.25, -0.2) is 4.79 Å². The molecule has 2 unspecified atom stereocenters. The number of anilines is 2. The average Bonchev–Trinajstić information content (AvgIpc) is 2.76. The second-order valence-electron chi connectivity index (χ2n) is 7.49. The van der Waals surface area contributed by atoms with E-state index in [9.17, 15) is 9.59 Å². The molecule has 0 aliphatic rings. The molecule has 3 aromatic rings. The van der Waals surface area contributed by atoms with Crippen LogP contribution in [0.25, 0.3) is 0 Å². The molecule has 4 nitrogen and oxygen atoms in total. The zero-order valence-electron chi connectivity index (χ0n) is 17.6. The number of carbonyl (C=O) groups excluding carboxylic acids is 2. The molecule has 6 heteroatoms. The first-order valence-corrected chi connectivity index (χ1v) is 10.7. The number of ketones is 1. The van der Waals surface area contributed by atoms with Crippen LogP contribution in [0, 0.1) is 0 Å². The fourth-order valence-electron chi connectivity index (χ4n) is 3.40. The van der Waals surface area contributed by atoms with E-state index in [1.165, 1.54) is 0 Å². The molecule has 0 heterocycles. The second-order valence-corrected chi connectivity index (χ2v) is 8.37. The highest BCUT2D eigenvalue weighted by Crippen LogP contribution is 2.30. The Hall–Kier alpha value is -2.82. The molecule has 0 fully saturated rings. The third-order valence-corrected chi connectivity index (χ3v) is 5.87. The molecule has 2 amide bonds. The predicted molar refractivity (Wildman–Crippen MR) is 129 cm³/mol. The third-order valence-electron chi connectivity index (χ3n) is 5.37. The summed E-state index contributed by atoms with van der Waals surface area (Å²) < 4.78 is 0. The summed E-state index contributed by atoms with van der Waals surface area (Å²) in [5.41, 5.74) is 3.00. The van der Waals surface area contributed by atoms with Gasteiger partial charge in [0.25, 0.3) is 0 Å². The molecular formula is C25H24Cl2N2O2. The van der Waals surface area contributed by atoms with E-state index in [0.717, 1.165) is 11.3 Å². The summed E-state index contributed by atoms with van der Waals surface area (Å²) in [5.74, 6) is -0.0253. The Balaban J connectivity index is 1.93. The number of rotatable bonds is 6. The van der Waals surface area contributed by atoms with Gasteiger partial charge in [-0.1, -0.05) is 48.3 Å². The lowest BCUT2D eigenvalue weighted by atomic mass is 9.91. The van der Waals surface area contributed by atoms with Crippen molar-refractivity contribution in [2.24, 2.45) is 0 Å². The fourth-order valence-corrected chi connectivity index (χ4v) is 3.65. The van der Waals surface area contributed by atoms with Crippen molar-refractivity contribution in [3.8, 4) is 0 Å². The van der Waals surface area contributed by atoms with Gasteiger partial charge in [0.15, 0.2) is 5.78 Å². The molecule has 0 radical (unpaired) electrons. The van der Waals surface area contributed by atoms with Gasteiger partial charge < -0.3 is 5.32 Å². The number of halogens is 2. The number of hydrogen-bond donors (Lipinski definition) is 1. The van der Waals surface area contributed by atoms with Crippen molar-refractivity contribution in [3.63, 3.8) is 0 Å². The lowest BCUT2D eigenvalue weighted by Crippen LogP contribution is -2.44. The van der Waals surface area contributed by atoms with Gasteiger partial charge in [-0.15, -0.1) is 0 Å². The number of nitrogens with zero attached hydrogens (tertiary/aromatic N) is 1. The maximum atomic E-state index is 13.3. The van der Waals surface area contributed by atoms with Gasteiger partial charge in [-0.3, -0.25) is 9.69 Å². The van der Waals surface area contributed by atoms with Crippen LogP contribution in [0.2, 0.25) is 10.0 Å². The quantitative estimate of drug-likeness (QED) is 0.393. The third kappa shape index (κ3) is 5.66. The molecule has 0 aliphatic heterocycles. The van der Waals surface area contributed by atoms with Gasteiger partial charge in [0, 0.05) is 38.9 Å². The van der Waals surface area contributed by atoms with E-state index < -0.39 is 0 Å². The van der Waals surface area contributed by atoms with E-state index in [4.69, 9.17) is 23.2 Å². The number of hydrogen-bond acceptors (Lipinski definition) is 2. The van der Waals surface area contributed by atoms with Crippen LogP contribution < -0.4 is 10.2 Å². The molecule has 160 valence electrons. The summed E-state index contributed by atoms with van der Waals surface area (Å²) in [6.45, 7) is 5.58. The van der Waals surface area contributed by atoms with Crippen LogP contribution in [0.1, 0.15) is 42.6 Å². The topological polar surface area (TPSA) is 49.4 Å². The summed E-state index contributed by atoms with van der Waals surface area (Å²) >= 11 is 12.0. The Bertz CT molecular complexity index is 1070. The molecule has 3 rings (SSSR count). The standard InChI is InChI=1S/C25H24Cl2N2O2/c1-16(19-5-4-6-20(15-19)18(3)30)17(2)29(24-13-9-22(27)10-14-24)25(31)28-23-11-7-21(26)8-12-23/h4-17H,1-3H3,(H,28,31). The normalized spacial score (nSPS) is 12.7. The molecule has 1 N–H and O–H groups in total. The minimum Gasteiger partial charge on any atom is -0.308 e. The fraction of sp³-hybridized carbons (Fsp3) is 0.200. The minimum atomic E-state index is -0.272. The Morgan fingerprint density at radius 1 is 0.871 bits per heavy atom. The van der Waals surface area contributed by atoms with Crippen LogP contribution >= 0.6 is 23.2 Å². The molecule has 0 bridgehead atoms. The van der Waals surface area contributed by atoms with Gasteiger partial charge in [-0.2, -0.15) is 0 Å². The molecule has 2 atom stereocenters. The van der Waals surface area contributed by atoms with Gasteiger partial charge in [0.2, 0.25) is 0 Å². The lowest BCUT2D eigenvalue weighted by molar-refractivity contribution is 0.101. The Kier molecular flexibility index (Phi) is 7.37. The molecular weight excluding hydrogens is 431 g/mol. The highest BCUT2D eigenvalue weighted by Gasteiger charge is 2.27. The van der Waals surface area contributed by atoms with Gasteiger partial charge in [0.1, 0.15) is 0 Å². The zero-order chi connectivity index (χ0) is 22.5. The first-order valence-electron chi connectivity index (χ1n) is 9.98. The van der Waals surface area contributed by atoms with Crippen molar-refractivity contribution in [3.05, 3.63) is 94.0 Å². The van der Waals surface area contributed by atoms with E-state index in [1.807, 2.05) is 44.2 Å². The van der Waals surface area contributed by atoms with Crippen LogP contribution in [0.5, 0.6) is 0 Å². The van der Waals surface area contributed by atoms with E-state index in [1.54, 1.807) is 54.3 Å². The van der Waals surface area contributed by atoms with Crippen molar-refractivity contribution in [2.75, 3.05) is 10.2 Å². The lowest BCUT2D eigenvalue weighted by Gasteiger charge is -2.34. The molecule has 31 heavy (non-hydrogen) atoms. The summed E-state index contributed by atoms with van der Waals surface area (Å²) in [7, 11) is 0. The SMILES string of the molecule is CC(=O)c1cccc(C(C)C(C)N(C(=O)Nc2ccc(Cl)cc2)c2ccc(Cl)cc2)c1. The minimum absolute atomic E-state index is 0.0109. The zero-order valence-corrected chi connectivity index (χ0v) is 19.1. The van der Waals surface area contributed by atoms with Crippen LogP contribution in [-0.2, 0) is 0 Å². The Morgan fingerprint density at radius 2 is 1.45 bits per heavy atom. The first-order chi connectivity index (χ1) is 14.8. The van der Waals surface area contributed by atoms with E-state index in [-0.39, 0.29) is 23.8 Å². The van der Waals surface area contributed by atoms with Crippen LogP contribution in [-0.4, -0.2) is 17.9 Å². The van der Waals surface area contributed by atoms with Crippen LogP contribution in [0.3, 0.4) is 0 Å². The first kappa shape index (κ1) is 22.9. The van der Waals surface area contributed by atoms with Crippen LogP contribution in [0.15, 0.2) is 72.8 Å². The smallest absolute Gasteiger partial charge is 0.308 e. The molecule has 0 spiro atoms. The number of nitrogens with one attached hydrogen (secondary N) is 1. The van der Waals surface area contributed by atoms with Gasteiger partial charge in [-0.05, 0) is 74.0 Å². The average molecular weight is 455 g/mol. The number of carbonyl (C=O) groups is 2. The predicted octanol–water partition coefficient (Wildman–Crippen LogP) is 7.43.